The summed E-state index contributed by atoms with van der Waals surface area (Å²) < 4.78 is 38.9. The van der Waals surface area contributed by atoms with Crippen molar-refractivity contribution in [2.24, 2.45) is 5.16 Å². The van der Waals surface area contributed by atoms with Crippen LogP contribution in [0.2, 0.25) is 0 Å². The summed E-state index contributed by atoms with van der Waals surface area (Å²) in [6.07, 6.45) is -3.94. The maximum Gasteiger partial charge on any atom is 0.416 e. The Morgan fingerprint density at radius 1 is 1.21 bits per heavy atom. The van der Waals surface area contributed by atoms with Crippen LogP contribution in [-0.2, 0) is 22.4 Å². The number of aryl methyl sites for hydroxylation is 1. The number of halogens is 3. The van der Waals surface area contributed by atoms with E-state index in [1.807, 2.05) is 31.2 Å². The van der Waals surface area contributed by atoms with Gasteiger partial charge in [0.25, 0.3) is 0 Å². The number of carbonyl (C=O) groups excluding carboxylic acids is 1. The van der Waals surface area contributed by atoms with Gasteiger partial charge in [0.05, 0.1) is 17.8 Å². The van der Waals surface area contributed by atoms with Crippen molar-refractivity contribution in [3.8, 4) is 0 Å². The van der Waals surface area contributed by atoms with Crippen LogP contribution in [0.1, 0.15) is 42.0 Å². The smallest absolute Gasteiger partial charge is 0.390 e. The Kier molecular flexibility index (Phi) is 6.25. The first-order chi connectivity index (χ1) is 13.8. The SMILES string of the molecule is CCC(=O)N(Cc1cccc(C(F)(F)F)c1)C[C@@H]1CC(c2ccccc2C)=NO1. The second-order valence-electron chi connectivity index (χ2n) is 7.11. The molecule has 2 aromatic carbocycles. The molecule has 2 aromatic rings. The van der Waals surface area contributed by atoms with Gasteiger partial charge in [0, 0.05) is 24.9 Å². The van der Waals surface area contributed by atoms with Gasteiger partial charge >= 0.3 is 6.18 Å². The number of oxime groups is 1. The van der Waals surface area contributed by atoms with Crippen LogP contribution in [0.3, 0.4) is 0 Å². The third-order valence-electron chi connectivity index (χ3n) is 4.90. The molecule has 0 bridgehead atoms. The number of benzene rings is 2. The van der Waals surface area contributed by atoms with Crippen LogP contribution in [0.25, 0.3) is 0 Å². The first-order valence-corrected chi connectivity index (χ1v) is 9.50. The predicted octanol–water partition coefficient (Wildman–Crippen LogP) is 4.95. The Hall–Kier alpha value is -2.83. The van der Waals surface area contributed by atoms with Crippen molar-refractivity contribution in [1.82, 2.24) is 4.90 Å². The van der Waals surface area contributed by atoms with Gasteiger partial charge in [0.1, 0.15) is 0 Å². The molecule has 7 heteroatoms. The first kappa shape index (κ1) is 20.9. The quantitative estimate of drug-likeness (QED) is 0.684. The second kappa shape index (κ2) is 8.68. The molecule has 0 spiro atoms. The maximum atomic E-state index is 13.0. The molecule has 3 rings (SSSR count). The molecule has 1 heterocycles. The summed E-state index contributed by atoms with van der Waals surface area (Å²) in [6.45, 7) is 4.08. The number of hydrogen-bond acceptors (Lipinski definition) is 3. The summed E-state index contributed by atoms with van der Waals surface area (Å²) in [5.41, 5.74) is 2.61. The highest BCUT2D eigenvalue weighted by molar-refractivity contribution is 6.02. The summed E-state index contributed by atoms with van der Waals surface area (Å²) in [6, 6.07) is 12.9. The molecule has 1 amide bonds. The zero-order valence-corrected chi connectivity index (χ0v) is 16.4. The Bertz CT molecular complexity index is 909. The topological polar surface area (TPSA) is 41.9 Å². The molecule has 0 N–H and O–H groups in total. The fourth-order valence-electron chi connectivity index (χ4n) is 3.37. The van der Waals surface area contributed by atoms with Gasteiger partial charge in [0.2, 0.25) is 5.91 Å². The van der Waals surface area contributed by atoms with Crippen molar-refractivity contribution in [2.75, 3.05) is 6.54 Å². The van der Waals surface area contributed by atoms with Crippen LogP contribution in [0, 0.1) is 6.92 Å². The van der Waals surface area contributed by atoms with Gasteiger partial charge in [-0.3, -0.25) is 4.79 Å². The molecule has 1 aliphatic rings. The van der Waals surface area contributed by atoms with E-state index in [4.69, 9.17) is 4.84 Å². The van der Waals surface area contributed by atoms with Crippen molar-refractivity contribution in [3.63, 3.8) is 0 Å². The predicted molar refractivity (Wildman–Crippen MR) is 104 cm³/mol. The number of nitrogens with zero attached hydrogens (tertiary/aromatic N) is 2. The Morgan fingerprint density at radius 2 is 1.97 bits per heavy atom. The third-order valence-corrected chi connectivity index (χ3v) is 4.90. The maximum absolute atomic E-state index is 13.0. The van der Waals surface area contributed by atoms with Gasteiger partial charge in [-0.25, -0.2) is 0 Å². The van der Waals surface area contributed by atoms with Crippen molar-refractivity contribution in [1.29, 1.82) is 0 Å². The second-order valence-corrected chi connectivity index (χ2v) is 7.11. The van der Waals surface area contributed by atoms with Crippen molar-refractivity contribution < 1.29 is 22.8 Å². The van der Waals surface area contributed by atoms with E-state index in [0.29, 0.717) is 12.0 Å². The molecule has 0 radical (unpaired) electrons. The molecule has 0 saturated carbocycles. The Morgan fingerprint density at radius 3 is 2.66 bits per heavy atom. The summed E-state index contributed by atoms with van der Waals surface area (Å²) in [5, 5.41) is 4.17. The molecule has 0 aliphatic carbocycles. The number of rotatable bonds is 6. The third kappa shape index (κ3) is 5.16. The molecule has 154 valence electrons. The lowest BCUT2D eigenvalue weighted by Crippen LogP contribution is -2.37. The molecular weight excluding hydrogens is 381 g/mol. The van der Waals surface area contributed by atoms with E-state index in [9.17, 15) is 18.0 Å². The Labute approximate surface area is 168 Å². The van der Waals surface area contributed by atoms with Crippen molar-refractivity contribution in [2.45, 2.75) is 45.5 Å². The fraction of sp³-hybridized carbons (Fsp3) is 0.364. The zero-order chi connectivity index (χ0) is 21.0. The lowest BCUT2D eigenvalue weighted by molar-refractivity contribution is -0.137. The average Bonchev–Trinajstić information content (AvgIpc) is 3.15. The molecule has 1 atom stereocenters. The normalized spacial score (nSPS) is 16.3. The molecule has 0 unspecified atom stereocenters. The van der Waals surface area contributed by atoms with Crippen LogP contribution in [0.15, 0.2) is 53.7 Å². The van der Waals surface area contributed by atoms with Crippen LogP contribution in [0.4, 0.5) is 13.2 Å². The highest BCUT2D eigenvalue weighted by Crippen LogP contribution is 2.30. The molecule has 0 saturated heterocycles. The number of carbonyl (C=O) groups is 1. The van der Waals surface area contributed by atoms with E-state index < -0.39 is 11.7 Å². The first-order valence-electron chi connectivity index (χ1n) is 9.50. The van der Waals surface area contributed by atoms with E-state index >= 15 is 0 Å². The summed E-state index contributed by atoms with van der Waals surface area (Å²) in [5.74, 6) is -0.143. The molecule has 0 aromatic heterocycles. The largest absolute Gasteiger partial charge is 0.416 e. The van der Waals surface area contributed by atoms with Gasteiger partial charge in [0.15, 0.2) is 6.10 Å². The minimum absolute atomic E-state index is 0.0934. The lowest BCUT2D eigenvalue weighted by Gasteiger charge is -2.25. The highest BCUT2D eigenvalue weighted by atomic mass is 19.4. The van der Waals surface area contributed by atoms with Crippen LogP contribution < -0.4 is 0 Å². The van der Waals surface area contributed by atoms with Gasteiger partial charge in [-0.05, 0) is 30.2 Å². The van der Waals surface area contributed by atoms with Crippen molar-refractivity contribution in [3.05, 3.63) is 70.8 Å². The lowest BCUT2D eigenvalue weighted by atomic mass is 10.00. The summed E-state index contributed by atoms with van der Waals surface area (Å²) >= 11 is 0. The van der Waals surface area contributed by atoms with Crippen LogP contribution in [0.5, 0.6) is 0 Å². The van der Waals surface area contributed by atoms with E-state index in [-0.39, 0.29) is 31.5 Å². The summed E-state index contributed by atoms with van der Waals surface area (Å²) in [4.78, 5) is 19.5. The highest BCUT2D eigenvalue weighted by Gasteiger charge is 2.31. The summed E-state index contributed by atoms with van der Waals surface area (Å²) in [7, 11) is 0. The van der Waals surface area contributed by atoms with E-state index in [1.165, 1.54) is 11.0 Å². The van der Waals surface area contributed by atoms with Gasteiger partial charge in [-0.15, -0.1) is 0 Å². The van der Waals surface area contributed by atoms with E-state index in [0.717, 1.165) is 29.0 Å². The van der Waals surface area contributed by atoms with E-state index in [1.54, 1.807) is 13.0 Å². The Balaban J connectivity index is 1.70. The van der Waals surface area contributed by atoms with Crippen molar-refractivity contribution >= 4 is 11.6 Å². The van der Waals surface area contributed by atoms with Gasteiger partial charge in [-0.2, -0.15) is 13.2 Å². The number of amides is 1. The standard InChI is InChI=1S/C22H23F3N2O2/c1-3-21(28)27(13-16-8-6-9-17(11-16)22(23,24)25)14-18-12-20(26-29-18)19-10-5-4-7-15(19)2/h4-11,18H,3,12-14H2,1-2H3/t18-/m0/s1. The van der Waals surface area contributed by atoms with Gasteiger partial charge in [-0.1, -0.05) is 48.5 Å². The van der Waals surface area contributed by atoms with E-state index in [2.05, 4.69) is 5.16 Å². The minimum atomic E-state index is -4.42. The molecule has 0 fully saturated rings. The molecule has 1 aliphatic heterocycles. The zero-order valence-electron chi connectivity index (χ0n) is 16.4. The molecular formula is C22H23F3N2O2. The van der Waals surface area contributed by atoms with Crippen LogP contribution >= 0.6 is 0 Å². The number of hydrogen-bond donors (Lipinski definition) is 0. The monoisotopic (exact) mass is 404 g/mol. The van der Waals surface area contributed by atoms with Gasteiger partial charge < -0.3 is 9.74 Å². The average molecular weight is 404 g/mol. The minimum Gasteiger partial charge on any atom is -0.390 e. The number of alkyl halides is 3. The fourth-order valence-corrected chi connectivity index (χ4v) is 3.37. The molecule has 4 nitrogen and oxygen atoms in total. The molecule has 29 heavy (non-hydrogen) atoms. The van der Waals surface area contributed by atoms with Crippen LogP contribution in [-0.4, -0.2) is 29.2 Å².